The summed E-state index contributed by atoms with van der Waals surface area (Å²) in [7, 11) is 0. The standard InChI is InChI=1S/C93H79N3/c1-13-20-73-75-47-37-63(53-83(75)90(5,6)79(73)14-2)59-29-39-67(40-30-59)94(71-23-17-21-57(3)49-71)69-43-33-61(34-44-69)65-51-77-78-52-66(56-86-88(78)96-87(77)85(55-65)92(9,10)81-27-19-28-82(89(81)96)93(86,11)12)62-35-45-70(46-36-62)95(72-24-18-22-58(4)50-72)68-41-31-60(32-42-68)64-38-48-76-74-25-15-16-26-80(74)91(7,8)84(76)54-64/h13-56H,2H2,1,3-12H3/b20-13-. The molecule has 0 unspecified atom stereocenters. The van der Waals surface area contributed by atoms with E-state index < -0.39 is 0 Å². The Labute approximate surface area is 566 Å². The Morgan fingerprint density at radius 3 is 1.15 bits per heavy atom. The first kappa shape index (κ1) is 59.0. The molecule has 0 N–H and O–H groups in total. The van der Waals surface area contributed by atoms with E-state index >= 15 is 0 Å². The van der Waals surface area contributed by atoms with Gasteiger partial charge in [0.1, 0.15) is 0 Å². The quantitative estimate of drug-likeness (QED) is 0.121. The number of hydrogen-bond acceptors (Lipinski definition) is 2. The van der Waals surface area contributed by atoms with E-state index in [4.69, 9.17) is 0 Å². The summed E-state index contributed by atoms with van der Waals surface area (Å²) < 4.78 is 2.65. The molecule has 0 amide bonds. The van der Waals surface area contributed by atoms with Crippen LogP contribution in [0, 0.1) is 13.8 Å². The van der Waals surface area contributed by atoms with Crippen molar-refractivity contribution in [3.05, 3.63) is 335 Å². The number of aryl methyl sites for hydroxylation is 2. The molecule has 0 saturated carbocycles. The summed E-state index contributed by atoms with van der Waals surface area (Å²) in [6, 6.07) is 94.6. The predicted octanol–water partition coefficient (Wildman–Crippen LogP) is 25.4. The molecular weight excluding hydrogens is 1160 g/mol. The lowest BCUT2D eigenvalue weighted by molar-refractivity contribution is 0.594. The monoisotopic (exact) mass is 1240 g/mol. The largest absolute Gasteiger partial charge is 0.310 e. The van der Waals surface area contributed by atoms with Gasteiger partial charge in [-0.15, -0.1) is 0 Å². The molecule has 3 heterocycles. The molecule has 12 aromatic carbocycles. The summed E-state index contributed by atoms with van der Waals surface area (Å²) in [5, 5.41) is 2.58. The van der Waals surface area contributed by atoms with Crippen molar-refractivity contribution in [2.75, 3.05) is 9.80 Å². The number of anilines is 6. The van der Waals surface area contributed by atoms with Gasteiger partial charge in [-0.1, -0.05) is 220 Å². The average Bonchev–Trinajstić information content (AvgIpc) is 1.44. The van der Waals surface area contributed by atoms with Crippen LogP contribution in [-0.2, 0) is 21.7 Å². The van der Waals surface area contributed by atoms with Gasteiger partial charge in [0.2, 0.25) is 0 Å². The lowest BCUT2D eigenvalue weighted by Gasteiger charge is -2.42. The van der Waals surface area contributed by atoms with Gasteiger partial charge in [0.05, 0.1) is 16.7 Å². The molecule has 2 aliphatic carbocycles. The molecule has 96 heavy (non-hydrogen) atoms. The number of allylic oxidation sites excluding steroid dienone is 5. The predicted molar refractivity (Wildman–Crippen MR) is 408 cm³/mol. The number of fused-ring (bicyclic) bond motifs is 5. The van der Waals surface area contributed by atoms with Gasteiger partial charge < -0.3 is 14.4 Å². The van der Waals surface area contributed by atoms with Crippen LogP contribution in [0.2, 0.25) is 0 Å². The molecule has 17 rings (SSSR count). The van der Waals surface area contributed by atoms with Gasteiger partial charge in [-0.3, -0.25) is 0 Å². The van der Waals surface area contributed by atoms with Crippen LogP contribution in [0.15, 0.2) is 279 Å². The molecule has 0 fully saturated rings. The van der Waals surface area contributed by atoms with E-state index in [-0.39, 0.29) is 21.7 Å². The van der Waals surface area contributed by atoms with Gasteiger partial charge in [-0.2, -0.15) is 0 Å². The number of nitrogens with zero attached hydrogens (tertiary/aromatic N) is 3. The second-order valence-corrected chi connectivity index (χ2v) is 29.5. The highest BCUT2D eigenvalue weighted by Crippen LogP contribution is 2.58. The van der Waals surface area contributed by atoms with Crippen molar-refractivity contribution in [3.8, 4) is 61.3 Å². The number of aromatic nitrogens is 1. The third kappa shape index (κ3) is 8.78. The Hall–Kier alpha value is -10.7. The van der Waals surface area contributed by atoms with Gasteiger partial charge in [0.25, 0.3) is 0 Å². The van der Waals surface area contributed by atoms with Crippen LogP contribution in [0.1, 0.15) is 118 Å². The first-order valence-corrected chi connectivity index (χ1v) is 34.2. The molecule has 1 aromatic heterocycles. The van der Waals surface area contributed by atoms with Crippen LogP contribution < -0.4 is 9.80 Å². The van der Waals surface area contributed by atoms with E-state index in [2.05, 4.69) is 358 Å². The van der Waals surface area contributed by atoms with Gasteiger partial charge >= 0.3 is 0 Å². The third-order valence-electron chi connectivity index (χ3n) is 22.3. The minimum absolute atomic E-state index is 0.0605. The second-order valence-electron chi connectivity index (χ2n) is 29.5. The first-order valence-electron chi connectivity index (χ1n) is 34.2. The fourth-order valence-corrected chi connectivity index (χ4v) is 17.2. The minimum Gasteiger partial charge on any atom is -0.310 e. The molecular formula is C93H79N3. The molecule has 0 saturated heterocycles. The highest BCUT2D eigenvalue weighted by molar-refractivity contribution is 6.16. The maximum Gasteiger partial charge on any atom is 0.0582 e. The van der Waals surface area contributed by atoms with Crippen molar-refractivity contribution in [2.24, 2.45) is 0 Å². The van der Waals surface area contributed by atoms with E-state index in [0.717, 1.165) is 34.1 Å². The van der Waals surface area contributed by atoms with Crippen LogP contribution >= 0.6 is 0 Å². The zero-order valence-corrected chi connectivity index (χ0v) is 57.0. The zero-order valence-electron chi connectivity index (χ0n) is 57.0. The van der Waals surface area contributed by atoms with Crippen molar-refractivity contribution in [2.45, 2.75) is 97.8 Å². The average molecular weight is 1240 g/mol. The van der Waals surface area contributed by atoms with Crippen molar-refractivity contribution in [1.82, 2.24) is 4.57 Å². The summed E-state index contributed by atoms with van der Waals surface area (Å²) in [5.41, 5.74) is 38.2. The van der Waals surface area contributed by atoms with Crippen LogP contribution in [0.3, 0.4) is 0 Å². The zero-order chi connectivity index (χ0) is 65.9. The third-order valence-corrected chi connectivity index (χ3v) is 22.3. The lowest BCUT2D eigenvalue weighted by atomic mass is 9.68. The van der Waals surface area contributed by atoms with E-state index in [0.29, 0.717) is 0 Å². The minimum atomic E-state index is -0.267. The van der Waals surface area contributed by atoms with Crippen LogP contribution in [-0.4, -0.2) is 4.57 Å². The Balaban J connectivity index is 0.740. The van der Waals surface area contributed by atoms with Crippen molar-refractivity contribution in [3.63, 3.8) is 0 Å². The van der Waals surface area contributed by atoms with E-state index in [9.17, 15) is 0 Å². The molecule has 466 valence electrons. The summed E-state index contributed by atoms with van der Waals surface area (Å²) in [6.07, 6.45) is 6.40. The van der Waals surface area contributed by atoms with Crippen molar-refractivity contribution < 1.29 is 0 Å². The summed E-state index contributed by atoms with van der Waals surface area (Å²) in [4.78, 5) is 4.80. The Morgan fingerprint density at radius 2 is 0.698 bits per heavy atom. The SMILES string of the molecule is C=CC1=C(/C=C\C)c2ccc(-c3ccc(N(c4ccc(-c5cc6c7c(c5)c5cc(-c8ccc(N(c9ccc(-c%10ccc%11c(c%10)C(C)(C)c%10ccccc%10-%11)cc9)c9cccc(C)c9)cc8)cc8c5n7-c5c(cccc5C8(C)C)C6(C)C)cc4)c4cccc(C)c4)cc3)cc2C1(C)C. The van der Waals surface area contributed by atoms with Crippen LogP contribution in [0.5, 0.6) is 0 Å². The van der Waals surface area contributed by atoms with Crippen LogP contribution in [0.4, 0.5) is 34.1 Å². The van der Waals surface area contributed by atoms with E-state index in [1.807, 2.05) is 6.08 Å². The molecule has 0 radical (unpaired) electrons. The second kappa shape index (κ2) is 21.4. The van der Waals surface area contributed by atoms with Gasteiger partial charge in [-0.05, 0) is 252 Å². The van der Waals surface area contributed by atoms with E-state index in [1.165, 1.54) is 150 Å². The van der Waals surface area contributed by atoms with Gasteiger partial charge in [0.15, 0.2) is 0 Å². The molecule has 0 bridgehead atoms. The Morgan fingerprint density at radius 1 is 0.323 bits per heavy atom. The molecule has 0 spiro atoms. The Bertz CT molecular complexity index is 5480. The maximum atomic E-state index is 4.23. The summed E-state index contributed by atoms with van der Waals surface area (Å²) in [6.45, 7) is 29.8. The lowest BCUT2D eigenvalue weighted by Crippen LogP contribution is -2.33. The maximum absolute atomic E-state index is 4.23. The summed E-state index contributed by atoms with van der Waals surface area (Å²) >= 11 is 0. The fourth-order valence-electron chi connectivity index (χ4n) is 17.2. The van der Waals surface area contributed by atoms with E-state index in [1.54, 1.807) is 0 Å². The number of rotatable bonds is 12. The highest BCUT2D eigenvalue weighted by atomic mass is 15.1. The molecule has 3 heteroatoms. The number of benzene rings is 12. The highest BCUT2D eigenvalue weighted by Gasteiger charge is 2.44. The van der Waals surface area contributed by atoms with Crippen LogP contribution in [0.25, 0.3) is 88.7 Å². The fraction of sp³-hybridized carbons (Fsp3) is 0.161. The number of hydrogen-bond donors (Lipinski definition) is 0. The molecule has 0 atom stereocenters. The Kier molecular flexibility index (Phi) is 13.2. The topological polar surface area (TPSA) is 11.4 Å². The smallest absolute Gasteiger partial charge is 0.0582 e. The first-order chi connectivity index (χ1) is 46.3. The molecule has 4 aliphatic rings. The molecule has 3 nitrogen and oxygen atoms in total. The number of para-hydroxylation sites is 1. The van der Waals surface area contributed by atoms with Crippen molar-refractivity contribution >= 4 is 61.5 Å². The van der Waals surface area contributed by atoms with Gasteiger partial charge in [0, 0.05) is 66.6 Å². The molecule has 2 aliphatic heterocycles. The molecule has 13 aromatic rings. The van der Waals surface area contributed by atoms with Gasteiger partial charge in [-0.25, -0.2) is 0 Å². The normalized spacial score (nSPS) is 15.3. The summed E-state index contributed by atoms with van der Waals surface area (Å²) in [5.74, 6) is 0. The van der Waals surface area contributed by atoms with Crippen molar-refractivity contribution in [1.29, 1.82) is 0 Å².